The summed E-state index contributed by atoms with van der Waals surface area (Å²) in [5.41, 5.74) is 2.54. The minimum absolute atomic E-state index is 0.564. The number of alkyl halides is 1. The molecule has 20 heavy (non-hydrogen) atoms. The molecule has 2 nitrogen and oxygen atoms in total. The monoisotopic (exact) mass is 412 g/mol. The number of imidazole rings is 1. The van der Waals surface area contributed by atoms with Gasteiger partial charge in [-0.15, -0.1) is 11.3 Å². The second kappa shape index (κ2) is 6.41. The number of thiazole rings is 1. The predicted octanol–water partition coefficient (Wildman–Crippen LogP) is 4.95. The molecule has 0 spiro atoms. The molecule has 0 bridgehead atoms. The van der Waals surface area contributed by atoms with E-state index in [-0.39, 0.29) is 0 Å². The van der Waals surface area contributed by atoms with Crippen molar-refractivity contribution in [3.8, 4) is 0 Å². The first-order valence-electron chi connectivity index (χ1n) is 6.46. The number of rotatable bonds is 5. The lowest BCUT2D eigenvalue weighted by atomic mass is 9.97. The predicted molar refractivity (Wildman–Crippen MR) is 91.9 cm³/mol. The molecule has 2 aromatic heterocycles. The molecule has 0 saturated carbocycles. The first-order valence-corrected chi connectivity index (χ1v) is 9.25. The summed E-state index contributed by atoms with van der Waals surface area (Å²) in [5, 5.41) is 3.06. The van der Waals surface area contributed by atoms with Gasteiger partial charge in [-0.1, -0.05) is 44.0 Å². The Bertz CT molecular complexity index is 676. The highest BCUT2D eigenvalue weighted by Crippen LogP contribution is 2.20. The molecule has 1 aromatic carbocycles. The number of benzene rings is 1. The fourth-order valence-electron chi connectivity index (χ4n) is 2.35. The van der Waals surface area contributed by atoms with Gasteiger partial charge in [0.15, 0.2) is 4.96 Å². The summed E-state index contributed by atoms with van der Waals surface area (Å²) in [4.78, 5) is 5.75. The molecule has 1 atom stereocenters. The Labute approximate surface area is 139 Å². The van der Waals surface area contributed by atoms with Crippen LogP contribution in [-0.2, 0) is 12.8 Å². The number of fused-ring (bicyclic) bond motifs is 1. The Morgan fingerprint density at radius 2 is 2.20 bits per heavy atom. The van der Waals surface area contributed by atoms with E-state index in [1.165, 1.54) is 11.3 Å². The van der Waals surface area contributed by atoms with Gasteiger partial charge < -0.3 is 0 Å². The van der Waals surface area contributed by atoms with Gasteiger partial charge in [0.2, 0.25) is 0 Å². The average molecular weight is 414 g/mol. The molecule has 0 amide bonds. The van der Waals surface area contributed by atoms with Crippen LogP contribution in [0.4, 0.5) is 0 Å². The highest BCUT2D eigenvalue weighted by molar-refractivity contribution is 9.10. The summed E-state index contributed by atoms with van der Waals surface area (Å²) in [5.74, 6) is 0.564. The van der Waals surface area contributed by atoms with E-state index >= 15 is 0 Å². The van der Waals surface area contributed by atoms with Gasteiger partial charge in [0.25, 0.3) is 0 Å². The minimum atomic E-state index is 0.564. The zero-order valence-electron chi connectivity index (χ0n) is 10.8. The molecule has 0 N–H and O–H groups in total. The third kappa shape index (κ3) is 3.32. The summed E-state index contributed by atoms with van der Waals surface area (Å²) in [6.45, 7) is 0. The van der Waals surface area contributed by atoms with Gasteiger partial charge in [-0.2, -0.15) is 0 Å². The van der Waals surface area contributed by atoms with Crippen LogP contribution in [0.1, 0.15) is 11.3 Å². The van der Waals surface area contributed by atoms with Gasteiger partial charge in [0.05, 0.1) is 5.69 Å². The maximum atomic E-state index is 4.67. The van der Waals surface area contributed by atoms with Gasteiger partial charge in [-0.3, -0.25) is 4.40 Å². The second-order valence-corrected chi connectivity index (χ2v) is 7.32. The van der Waals surface area contributed by atoms with E-state index in [2.05, 4.69) is 83.3 Å². The van der Waals surface area contributed by atoms with Crippen molar-refractivity contribution in [1.29, 1.82) is 0 Å². The van der Waals surface area contributed by atoms with E-state index in [1.54, 1.807) is 11.3 Å². The molecular formula is C15H14Br2N2S. The molecule has 5 heteroatoms. The van der Waals surface area contributed by atoms with Crippen LogP contribution >= 0.6 is 43.2 Å². The molecule has 104 valence electrons. The van der Waals surface area contributed by atoms with Crippen molar-refractivity contribution in [2.75, 3.05) is 5.33 Å². The number of hydrogen-bond acceptors (Lipinski definition) is 2. The van der Waals surface area contributed by atoms with E-state index < -0.39 is 0 Å². The lowest BCUT2D eigenvalue weighted by Gasteiger charge is -2.12. The smallest absolute Gasteiger partial charge is 0.193 e. The fourth-order valence-corrected chi connectivity index (χ4v) is 3.97. The standard InChI is InChI=1S/C15H14Br2N2S/c16-9-12(6-11-2-1-3-13(17)7-11)8-14-10-19-4-5-20-15(19)18-14/h1-5,7,10,12H,6,8-9H2. The Balaban J connectivity index is 1.72. The summed E-state index contributed by atoms with van der Waals surface area (Å²) in [7, 11) is 0. The van der Waals surface area contributed by atoms with Gasteiger partial charge in [-0.25, -0.2) is 4.98 Å². The summed E-state index contributed by atoms with van der Waals surface area (Å²) in [6.07, 6.45) is 6.28. The minimum Gasteiger partial charge on any atom is -0.297 e. The van der Waals surface area contributed by atoms with E-state index in [9.17, 15) is 0 Å². The quantitative estimate of drug-likeness (QED) is 0.540. The average Bonchev–Trinajstić information content (AvgIpc) is 2.98. The van der Waals surface area contributed by atoms with E-state index in [4.69, 9.17) is 0 Å². The molecular weight excluding hydrogens is 400 g/mol. The highest BCUT2D eigenvalue weighted by atomic mass is 79.9. The number of aromatic nitrogens is 2. The lowest BCUT2D eigenvalue weighted by molar-refractivity contribution is 0.584. The molecule has 0 aliphatic carbocycles. The van der Waals surface area contributed by atoms with Crippen LogP contribution in [0.3, 0.4) is 0 Å². The Kier molecular flexibility index (Phi) is 4.58. The molecule has 1 unspecified atom stereocenters. The summed E-state index contributed by atoms with van der Waals surface area (Å²) < 4.78 is 3.25. The second-order valence-electron chi connectivity index (χ2n) is 4.88. The largest absolute Gasteiger partial charge is 0.297 e. The molecule has 0 aliphatic rings. The first kappa shape index (κ1) is 14.3. The number of nitrogens with zero attached hydrogens (tertiary/aromatic N) is 2. The molecule has 2 heterocycles. The summed E-state index contributed by atoms with van der Waals surface area (Å²) in [6, 6.07) is 8.54. The van der Waals surface area contributed by atoms with Gasteiger partial charge in [0, 0.05) is 27.6 Å². The van der Waals surface area contributed by atoms with Crippen LogP contribution in [-0.4, -0.2) is 14.7 Å². The van der Waals surface area contributed by atoms with Crippen molar-refractivity contribution < 1.29 is 0 Å². The van der Waals surface area contributed by atoms with Crippen molar-refractivity contribution >= 4 is 48.2 Å². The molecule has 0 saturated heterocycles. The molecule has 0 fully saturated rings. The maximum absolute atomic E-state index is 4.67. The van der Waals surface area contributed by atoms with E-state index in [1.807, 2.05) is 0 Å². The van der Waals surface area contributed by atoms with Crippen LogP contribution in [0.15, 0.2) is 46.5 Å². The van der Waals surface area contributed by atoms with Crippen LogP contribution in [0.2, 0.25) is 0 Å². The van der Waals surface area contributed by atoms with Crippen molar-refractivity contribution in [2.24, 2.45) is 5.92 Å². The highest BCUT2D eigenvalue weighted by Gasteiger charge is 2.12. The maximum Gasteiger partial charge on any atom is 0.193 e. The van der Waals surface area contributed by atoms with Crippen LogP contribution in [0.25, 0.3) is 4.96 Å². The Morgan fingerprint density at radius 3 is 2.95 bits per heavy atom. The lowest BCUT2D eigenvalue weighted by Crippen LogP contribution is -2.10. The van der Waals surface area contributed by atoms with Gasteiger partial charge >= 0.3 is 0 Å². The normalized spacial score (nSPS) is 12.9. The van der Waals surface area contributed by atoms with Crippen molar-refractivity contribution in [1.82, 2.24) is 9.38 Å². The SMILES string of the molecule is BrCC(Cc1cccc(Br)c1)Cc1cn2ccsc2n1. The Morgan fingerprint density at radius 1 is 1.30 bits per heavy atom. The van der Waals surface area contributed by atoms with Crippen molar-refractivity contribution in [3.63, 3.8) is 0 Å². The molecule has 3 rings (SSSR count). The van der Waals surface area contributed by atoms with Gasteiger partial charge in [0.1, 0.15) is 0 Å². The van der Waals surface area contributed by atoms with Crippen LogP contribution < -0.4 is 0 Å². The molecule has 0 aliphatic heterocycles. The number of hydrogen-bond donors (Lipinski definition) is 0. The third-order valence-corrected chi connectivity index (χ3v) is 5.45. The van der Waals surface area contributed by atoms with Gasteiger partial charge in [-0.05, 0) is 36.5 Å². The van der Waals surface area contributed by atoms with Crippen LogP contribution in [0.5, 0.6) is 0 Å². The topological polar surface area (TPSA) is 17.3 Å². The number of halogens is 2. The molecule has 0 radical (unpaired) electrons. The third-order valence-electron chi connectivity index (χ3n) is 3.27. The summed E-state index contributed by atoms with van der Waals surface area (Å²) >= 11 is 8.86. The van der Waals surface area contributed by atoms with Crippen molar-refractivity contribution in [3.05, 3.63) is 57.8 Å². The van der Waals surface area contributed by atoms with E-state index in [0.29, 0.717) is 5.92 Å². The fraction of sp³-hybridized carbons (Fsp3) is 0.267. The molecule has 3 aromatic rings. The van der Waals surface area contributed by atoms with E-state index in [0.717, 1.165) is 27.6 Å². The zero-order chi connectivity index (χ0) is 13.9. The van der Waals surface area contributed by atoms with Crippen LogP contribution in [0, 0.1) is 5.92 Å². The Hall–Kier alpha value is -0.650. The first-order chi connectivity index (χ1) is 9.74. The zero-order valence-corrected chi connectivity index (χ0v) is 14.8. The van der Waals surface area contributed by atoms with Crippen molar-refractivity contribution in [2.45, 2.75) is 12.8 Å².